The lowest BCUT2D eigenvalue weighted by molar-refractivity contribution is 0.256. The molecule has 1 aromatic carbocycles. The van der Waals surface area contributed by atoms with Gasteiger partial charge in [0, 0.05) is 6.04 Å². The van der Waals surface area contributed by atoms with E-state index in [-0.39, 0.29) is 11.8 Å². The highest BCUT2D eigenvalue weighted by atomic mass is 32.2. The summed E-state index contributed by atoms with van der Waals surface area (Å²) in [6.45, 7) is 8.16. The van der Waals surface area contributed by atoms with E-state index in [2.05, 4.69) is 18.6 Å². The third-order valence-corrected chi connectivity index (χ3v) is 4.47. The molecule has 0 aliphatic carbocycles. The zero-order chi connectivity index (χ0) is 16.0. The highest BCUT2D eigenvalue weighted by Gasteiger charge is 2.16. The van der Waals surface area contributed by atoms with Crippen LogP contribution in [0.3, 0.4) is 0 Å². The Labute approximate surface area is 127 Å². The van der Waals surface area contributed by atoms with Crippen molar-refractivity contribution in [2.75, 3.05) is 19.5 Å². The lowest BCUT2D eigenvalue weighted by Crippen LogP contribution is -2.28. The Balaban J connectivity index is 2.91. The predicted octanol–water partition coefficient (Wildman–Crippen LogP) is 2.73. The Hall–Kier alpha value is -1.27. The van der Waals surface area contributed by atoms with Crippen LogP contribution in [0.15, 0.2) is 18.2 Å². The van der Waals surface area contributed by atoms with Gasteiger partial charge in [0.1, 0.15) is 0 Å². The molecule has 0 spiro atoms. The van der Waals surface area contributed by atoms with E-state index in [1.165, 1.54) is 0 Å². The zero-order valence-corrected chi connectivity index (χ0v) is 14.2. The minimum Gasteiger partial charge on any atom is -0.493 e. The van der Waals surface area contributed by atoms with Crippen molar-refractivity contribution >= 4 is 10.0 Å². The van der Waals surface area contributed by atoms with Crippen LogP contribution < -0.4 is 14.2 Å². The summed E-state index contributed by atoms with van der Waals surface area (Å²) in [6, 6.07) is 5.15. The van der Waals surface area contributed by atoms with Gasteiger partial charge in [-0.1, -0.05) is 19.9 Å². The summed E-state index contributed by atoms with van der Waals surface area (Å²) in [7, 11) is -1.67. The molecule has 6 heteroatoms. The standard InChI is InChI=1S/C15H25NO4S/c1-6-21(17,18)16-12(4)13-7-8-14(15(9-13)19-5)20-10-11(2)3/h7-9,11-12,16H,6,10H2,1-5H3. The molecule has 1 aromatic rings. The van der Waals surface area contributed by atoms with E-state index in [0.717, 1.165) is 5.56 Å². The van der Waals surface area contributed by atoms with E-state index in [9.17, 15) is 8.42 Å². The molecule has 0 aliphatic heterocycles. The number of sulfonamides is 1. The second-order valence-corrected chi connectivity index (χ2v) is 7.40. The molecule has 21 heavy (non-hydrogen) atoms. The van der Waals surface area contributed by atoms with E-state index in [1.54, 1.807) is 27.0 Å². The van der Waals surface area contributed by atoms with Gasteiger partial charge in [0.2, 0.25) is 10.0 Å². The number of nitrogens with one attached hydrogen (secondary N) is 1. The van der Waals surface area contributed by atoms with Crippen molar-refractivity contribution in [2.24, 2.45) is 5.92 Å². The molecule has 1 unspecified atom stereocenters. The van der Waals surface area contributed by atoms with Crippen molar-refractivity contribution < 1.29 is 17.9 Å². The third kappa shape index (κ3) is 5.55. The summed E-state index contributed by atoms with van der Waals surface area (Å²) < 4.78 is 36.9. The molecule has 0 fully saturated rings. The van der Waals surface area contributed by atoms with Crippen LogP contribution in [0.5, 0.6) is 11.5 Å². The Bertz CT molecular complexity index is 555. The number of ether oxygens (including phenoxy) is 2. The Morgan fingerprint density at radius 3 is 2.38 bits per heavy atom. The number of hydrogen-bond donors (Lipinski definition) is 1. The van der Waals surface area contributed by atoms with Gasteiger partial charge in [0.15, 0.2) is 11.5 Å². The largest absolute Gasteiger partial charge is 0.493 e. The minimum atomic E-state index is -3.24. The van der Waals surface area contributed by atoms with Crippen molar-refractivity contribution in [3.63, 3.8) is 0 Å². The van der Waals surface area contributed by atoms with Crippen LogP contribution in [0.4, 0.5) is 0 Å². The van der Waals surface area contributed by atoms with Gasteiger partial charge in [0.05, 0.1) is 19.5 Å². The fourth-order valence-corrected chi connectivity index (χ4v) is 2.59. The Morgan fingerprint density at radius 2 is 1.86 bits per heavy atom. The molecule has 0 radical (unpaired) electrons. The van der Waals surface area contributed by atoms with Gasteiger partial charge in [-0.15, -0.1) is 0 Å². The van der Waals surface area contributed by atoms with Crippen LogP contribution >= 0.6 is 0 Å². The normalized spacial score (nSPS) is 13.2. The van der Waals surface area contributed by atoms with Gasteiger partial charge in [-0.3, -0.25) is 0 Å². The first-order valence-corrected chi connectivity index (χ1v) is 8.75. The van der Waals surface area contributed by atoms with Crippen LogP contribution in [0.25, 0.3) is 0 Å². The maximum atomic E-state index is 11.6. The van der Waals surface area contributed by atoms with E-state index >= 15 is 0 Å². The zero-order valence-electron chi connectivity index (χ0n) is 13.3. The maximum Gasteiger partial charge on any atom is 0.211 e. The van der Waals surface area contributed by atoms with Crippen LogP contribution in [0.1, 0.15) is 39.3 Å². The summed E-state index contributed by atoms with van der Waals surface area (Å²) in [6.07, 6.45) is 0. The number of methoxy groups -OCH3 is 1. The van der Waals surface area contributed by atoms with Gasteiger partial charge in [-0.05, 0) is 37.5 Å². The molecule has 0 heterocycles. The average Bonchev–Trinajstić information content (AvgIpc) is 2.44. The molecule has 0 aromatic heterocycles. The van der Waals surface area contributed by atoms with Crippen LogP contribution in [-0.4, -0.2) is 27.9 Å². The van der Waals surface area contributed by atoms with Crippen LogP contribution in [0, 0.1) is 5.92 Å². The molecule has 0 amide bonds. The highest BCUT2D eigenvalue weighted by molar-refractivity contribution is 7.89. The summed E-state index contributed by atoms with van der Waals surface area (Å²) in [5.41, 5.74) is 0.834. The minimum absolute atomic E-state index is 0.0596. The van der Waals surface area contributed by atoms with E-state index in [0.29, 0.717) is 24.0 Å². The van der Waals surface area contributed by atoms with Crippen molar-refractivity contribution in [3.05, 3.63) is 23.8 Å². The van der Waals surface area contributed by atoms with Gasteiger partial charge in [-0.25, -0.2) is 13.1 Å². The van der Waals surface area contributed by atoms with Crippen molar-refractivity contribution in [3.8, 4) is 11.5 Å². The summed E-state index contributed by atoms with van der Waals surface area (Å²) in [5, 5.41) is 0. The van der Waals surface area contributed by atoms with Crippen molar-refractivity contribution in [1.29, 1.82) is 0 Å². The molecule has 0 saturated heterocycles. The van der Waals surface area contributed by atoms with Gasteiger partial charge in [0.25, 0.3) is 0 Å². The van der Waals surface area contributed by atoms with E-state index < -0.39 is 10.0 Å². The molecule has 120 valence electrons. The third-order valence-electron chi connectivity index (χ3n) is 3.00. The Morgan fingerprint density at radius 1 is 1.19 bits per heavy atom. The quantitative estimate of drug-likeness (QED) is 0.801. The first-order chi connectivity index (χ1) is 9.79. The van der Waals surface area contributed by atoms with Crippen LogP contribution in [-0.2, 0) is 10.0 Å². The lowest BCUT2D eigenvalue weighted by Gasteiger charge is -2.17. The highest BCUT2D eigenvalue weighted by Crippen LogP contribution is 2.30. The number of hydrogen-bond acceptors (Lipinski definition) is 4. The molecule has 0 bridgehead atoms. The first kappa shape index (κ1) is 17.8. The predicted molar refractivity (Wildman–Crippen MR) is 84.3 cm³/mol. The molecule has 1 rings (SSSR count). The summed E-state index contributed by atoms with van der Waals surface area (Å²) in [4.78, 5) is 0. The van der Waals surface area contributed by atoms with E-state index in [1.807, 2.05) is 12.1 Å². The first-order valence-electron chi connectivity index (χ1n) is 7.09. The van der Waals surface area contributed by atoms with Crippen LogP contribution in [0.2, 0.25) is 0 Å². The van der Waals surface area contributed by atoms with Gasteiger partial charge >= 0.3 is 0 Å². The molecular weight excluding hydrogens is 290 g/mol. The van der Waals surface area contributed by atoms with Gasteiger partial charge in [-0.2, -0.15) is 0 Å². The molecule has 1 N–H and O–H groups in total. The average molecular weight is 315 g/mol. The maximum absolute atomic E-state index is 11.6. The monoisotopic (exact) mass is 315 g/mol. The topological polar surface area (TPSA) is 64.6 Å². The fourth-order valence-electron chi connectivity index (χ4n) is 1.75. The SMILES string of the molecule is CCS(=O)(=O)NC(C)c1ccc(OCC(C)C)c(OC)c1. The molecule has 0 aliphatic rings. The van der Waals surface area contributed by atoms with Gasteiger partial charge < -0.3 is 9.47 Å². The second kappa shape index (κ2) is 7.66. The number of rotatable bonds is 8. The Kier molecular flexibility index (Phi) is 6.48. The molecule has 5 nitrogen and oxygen atoms in total. The lowest BCUT2D eigenvalue weighted by atomic mass is 10.1. The van der Waals surface area contributed by atoms with E-state index in [4.69, 9.17) is 9.47 Å². The fraction of sp³-hybridized carbons (Fsp3) is 0.600. The van der Waals surface area contributed by atoms with Crippen molar-refractivity contribution in [1.82, 2.24) is 4.72 Å². The summed E-state index contributed by atoms with van der Waals surface area (Å²) in [5.74, 6) is 1.75. The smallest absolute Gasteiger partial charge is 0.211 e. The number of benzene rings is 1. The molecule has 0 saturated carbocycles. The summed E-state index contributed by atoms with van der Waals surface area (Å²) >= 11 is 0. The van der Waals surface area contributed by atoms with Crippen molar-refractivity contribution in [2.45, 2.75) is 33.7 Å². The molecular formula is C15H25NO4S. The molecule has 1 atom stereocenters. The second-order valence-electron chi connectivity index (χ2n) is 5.36.